The third-order valence-corrected chi connectivity index (χ3v) is 2.86. The summed E-state index contributed by atoms with van der Waals surface area (Å²) in [6, 6.07) is 7.54. The highest BCUT2D eigenvalue weighted by Gasteiger charge is 2.00. The molecule has 0 unspecified atom stereocenters. The van der Waals surface area contributed by atoms with E-state index in [1.54, 1.807) is 12.1 Å². The first-order chi connectivity index (χ1) is 9.49. The summed E-state index contributed by atoms with van der Waals surface area (Å²) in [6.45, 7) is 7.96. The molecular weight excluding hydrogens is 248 g/mol. The van der Waals surface area contributed by atoms with Gasteiger partial charge in [-0.25, -0.2) is 0 Å². The maximum atomic E-state index is 9.17. The average molecular weight is 280 g/mol. The van der Waals surface area contributed by atoms with Gasteiger partial charge in [0.2, 0.25) is 0 Å². The van der Waals surface area contributed by atoms with Gasteiger partial charge >= 0.3 is 0 Å². The molecule has 0 heterocycles. The molecule has 0 bridgehead atoms. The molecule has 1 N–H and O–H groups in total. The van der Waals surface area contributed by atoms with Crippen LogP contribution in [0, 0.1) is 0 Å². The molecule has 0 saturated carbocycles. The van der Waals surface area contributed by atoms with Crippen molar-refractivity contribution in [3.05, 3.63) is 29.8 Å². The molecule has 0 aromatic heterocycles. The van der Waals surface area contributed by atoms with Crippen LogP contribution >= 0.6 is 0 Å². The van der Waals surface area contributed by atoms with Crippen molar-refractivity contribution in [2.45, 2.75) is 33.1 Å². The van der Waals surface area contributed by atoms with Crippen LogP contribution in [0.15, 0.2) is 24.3 Å². The van der Waals surface area contributed by atoms with E-state index < -0.39 is 0 Å². The number of aromatic hydroxyl groups is 1. The van der Waals surface area contributed by atoms with Crippen LogP contribution in [0.5, 0.6) is 5.75 Å². The second-order valence-electron chi connectivity index (χ2n) is 5.55. The topological polar surface area (TPSA) is 26.7 Å². The standard InChI is InChI=1S/C14H23NO.C3H9N/c1-3-11-15(4-2)12-5-6-13-7-9-14(16)10-8-13;1-4(2)3/h7-10,16H,3-6,11-12H2,1-2H3;1-3H3. The molecule has 0 saturated heterocycles. The first-order valence-corrected chi connectivity index (χ1v) is 7.60. The van der Waals surface area contributed by atoms with E-state index in [0.717, 1.165) is 13.0 Å². The summed E-state index contributed by atoms with van der Waals surface area (Å²) >= 11 is 0. The summed E-state index contributed by atoms with van der Waals surface area (Å²) in [5.74, 6) is 0.352. The minimum Gasteiger partial charge on any atom is -0.508 e. The third kappa shape index (κ3) is 10.8. The van der Waals surface area contributed by atoms with Crippen molar-refractivity contribution in [1.29, 1.82) is 0 Å². The maximum Gasteiger partial charge on any atom is 0.115 e. The molecule has 0 fully saturated rings. The quantitative estimate of drug-likeness (QED) is 0.830. The summed E-state index contributed by atoms with van der Waals surface area (Å²) in [4.78, 5) is 4.49. The number of phenolic OH excluding ortho intramolecular Hbond substituents is 1. The highest BCUT2D eigenvalue weighted by Crippen LogP contribution is 2.11. The third-order valence-electron chi connectivity index (χ3n) is 2.86. The van der Waals surface area contributed by atoms with Crippen LogP contribution in [0.25, 0.3) is 0 Å². The molecule has 0 spiro atoms. The normalized spacial score (nSPS) is 10.6. The Morgan fingerprint density at radius 2 is 1.50 bits per heavy atom. The van der Waals surface area contributed by atoms with Crippen LogP contribution in [0.4, 0.5) is 0 Å². The Balaban J connectivity index is 0.000000796. The van der Waals surface area contributed by atoms with Crippen molar-refractivity contribution in [1.82, 2.24) is 9.80 Å². The minimum absolute atomic E-state index is 0.352. The van der Waals surface area contributed by atoms with Crippen LogP contribution in [-0.2, 0) is 6.42 Å². The van der Waals surface area contributed by atoms with Crippen molar-refractivity contribution >= 4 is 0 Å². The molecule has 0 radical (unpaired) electrons. The van der Waals surface area contributed by atoms with Crippen LogP contribution in [0.2, 0.25) is 0 Å². The summed E-state index contributed by atoms with van der Waals surface area (Å²) in [6.07, 6.45) is 3.52. The number of rotatable bonds is 7. The van der Waals surface area contributed by atoms with Crippen molar-refractivity contribution in [2.24, 2.45) is 0 Å². The van der Waals surface area contributed by atoms with Crippen molar-refractivity contribution in [3.8, 4) is 5.75 Å². The van der Waals surface area contributed by atoms with Crippen molar-refractivity contribution in [2.75, 3.05) is 40.8 Å². The largest absolute Gasteiger partial charge is 0.508 e. The second-order valence-corrected chi connectivity index (χ2v) is 5.55. The highest BCUT2D eigenvalue weighted by atomic mass is 16.3. The van der Waals surface area contributed by atoms with E-state index in [-0.39, 0.29) is 0 Å². The van der Waals surface area contributed by atoms with Gasteiger partial charge in [0, 0.05) is 0 Å². The van der Waals surface area contributed by atoms with Gasteiger partial charge in [0.15, 0.2) is 0 Å². The lowest BCUT2D eigenvalue weighted by Gasteiger charge is -2.19. The first kappa shape index (κ1) is 18.9. The fourth-order valence-electron chi connectivity index (χ4n) is 1.91. The zero-order valence-electron chi connectivity index (χ0n) is 13.9. The van der Waals surface area contributed by atoms with E-state index in [2.05, 4.69) is 18.7 Å². The maximum absolute atomic E-state index is 9.17. The number of hydrogen-bond donors (Lipinski definition) is 1. The fourth-order valence-corrected chi connectivity index (χ4v) is 1.91. The Labute approximate surface area is 125 Å². The van der Waals surface area contributed by atoms with Gasteiger partial charge in [-0.15, -0.1) is 0 Å². The molecule has 116 valence electrons. The van der Waals surface area contributed by atoms with E-state index >= 15 is 0 Å². The van der Waals surface area contributed by atoms with Crippen LogP contribution < -0.4 is 0 Å². The second kappa shape index (κ2) is 11.7. The Bertz CT molecular complexity index is 320. The number of nitrogens with zero attached hydrogens (tertiary/aromatic N) is 2. The van der Waals surface area contributed by atoms with Gasteiger partial charge in [-0.3, -0.25) is 0 Å². The lowest BCUT2D eigenvalue weighted by molar-refractivity contribution is 0.285. The number of phenols is 1. The highest BCUT2D eigenvalue weighted by molar-refractivity contribution is 5.25. The Morgan fingerprint density at radius 3 is 1.95 bits per heavy atom. The van der Waals surface area contributed by atoms with Crippen LogP contribution in [0.3, 0.4) is 0 Å². The van der Waals surface area contributed by atoms with E-state index in [0.29, 0.717) is 5.75 Å². The van der Waals surface area contributed by atoms with E-state index in [4.69, 9.17) is 0 Å². The van der Waals surface area contributed by atoms with E-state index in [9.17, 15) is 5.11 Å². The number of benzene rings is 1. The lowest BCUT2D eigenvalue weighted by Crippen LogP contribution is -2.25. The average Bonchev–Trinajstić information content (AvgIpc) is 2.39. The van der Waals surface area contributed by atoms with Crippen molar-refractivity contribution in [3.63, 3.8) is 0 Å². The molecule has 0 amide bonds. The monoisotopic (exact) mass is 280 g/mol. The van der Waals surface area contributed by atoms with Crippen LogP contribution in [0.1, 0.15) is 32.3 Å². The Hall–Kier alpha value is -1.06. The van der Waals surface area contributed by atoms with Crippen LogP contribution in [-0.4, -0.2) is 55.7 Å². The molecule has 3 heteroatoms. The summed E-state index contributed by atoms with van der Waals surface area (Å²) in [7, 11) is 6.00. The molecule has 1 rings (SSSR count). The molecule has 1 aromatic carbocycles. The SMILES string of the molecule is CCCN(CC)CCCc1ccc(O)cc1.CN(C)C. The molecular formula is C17H32N2O. The van der Waals surface area contributed by atoms with E-state index in [1.165, 1.54) is 31.5 Å². The predicted molar refractivity (Wildman–Crippen MR) is 88.4 cm³/mol. The first-order valence-electron chi connectivity index (χ1n) is 7.60. The van der Waals surface area contributed by atoms with Gasteiger partial charge in [-0.05, 0) is 77.7 Å². The molecule has 0 aliphatic rings. The zero-order chi connectivity index (χ0) is 15.4. The van der Waals surface area contributed by atoms with Gasteiger partial charge in [0.1, 0.15) is 5.75 Å². The Morgan fingerprint density at radius 1 is 0.950 bits per heavy atom. The van der Waals surface area contributed by atoms with Gasteiger partial charge in [0.25, 0.3) is 0 Å². The van der Waals surface area contributed by atoms with Gasteiger partial charge in [-0.1, -0.05) is 26.0 Å². The van der Waals surface area contributed by atoms with Crippen molar-refractivity contribution < 1.29 is 5.11 Å². The summed E-state index contributed by atoms with van der Waals surface area (Å²) in [5.41, 5.74) is 1.31. The molecule has 3 nitrogen and oxygen atoms in total. The molecule has 0 atom stereocenters. The smallest absolute Gasteiger partial charge is 0.115 e. The predicted octanol–water partition coefficient (Wildman–Crippen LogP) is 3.23. The molecule has 0 aliphatic carbocycles. The van der Waals surface area contributed by atoms with Gasteiger partial charge < -0.3 is 14.9 Å². The fraction of sp³-hybridized carbons (Fsp3) is 0.647. The summed E-state index contributed by atoms with van der Waals surface area (Å²) in [5, 5.41) is 9.17. The molecule has 20 heavy (non-hydrogen) atoms. The molecule has 0 aliphatic heterocycles. The Kier molecular flexibility index (Phi) is 11.1. The van der Waals surface area contributed by atoms with E-state index in [1.807, 2.05) is 38.2 Å². The van der Waals surface area contributed by atoms with Gasteiger partial charge in [-0.2, -0.15) is 0 Å². The zero-order valence-corrected chi connectivity index (χ0v) is 13.9. The minimum atomic E-state index is 0.352. The lowest BCUT2D eigenvalue weighted by atomic mass is 10.1. The number of hydrogen-bond acceptors (Lipinski definition) is 3. The molecule has 1 aromatic rings. The summed E-state index contributed by atoms with van der Waals surface area (Å²) < 4.78 is 0. The van der Waals surface area contributed by atoms with Gasteiger partial charge in [0.05, 0.1) is 0 Å². The number of aryl methyl sites for hydroxylation is 1.